The lowest BCUT2D eigenvalue weighted by atomic mass is 9.93. The predicted molar refractivity (Wildman–Crippen MR) is 153 cm³/mol. The zero-order valence-corrected chi connectivity index (χ0v) is 25.3. The highest BCUT2D eigenvalue weighted by Gasteiger charge is 2.49. The second-order valence-corrected chi connectivity index (χ2v) is 11.7. The van der Waals surface area contributed by atoms with Crippen LogP contribution in [-0.2, 0) is 35.0 Å². The number of aliphatic hydroxyl groups is 8. The van der Waals surface area contributed by atoms with Gasteiger partial charge < -0.3 is 89.4 Å². The van der Waals surface area contributed by atoms with E-state index in [1.165, 1.54) is 24.3 Å². The highest BCUT2D eigenvalue weighted by molar-refractivity contribution is 5.89. The molecule has 0 radical (unpaired) electrons. The van der Waals surface area contributed by atoms with Crippen molar-refractivity contribution in [3.8, 4) is 28.7 Å². The van der Waals surface area contributed by atoms with E-state index in [2.05, 4.69) is 4.74 Å². The van der Waals surface area contributed by atoms with Crippen molar-refractivity contribution in [3.63, 3.8) is 0 Å². The SMILES string of the molecule is O=C([O-])CC(=O)OC[C@H]1O[C@@H](O[C@@H]2Cc3c(O[C@H]4O[C@H](CO)[C@@H](O)[C@H](O)[C@H]4O)cc(O)cc3[OH+]C2c2ccc(O)c(O)c2)[C@H](O)[C@@H](O)[C@@H]1O. The number of hydrogen-bond donors (Lipinski definition) is 10. The molecule has 0 amide bonds. The summed E-state index contributed by atoms with van der Waals surface area (Å²) in [6.07, 6.45) is -20.7. The summed E-state index contributed by atoms with van der Waals surface area (Å²) in [6, 6.07) is 6.13. The Hall–Kier alpha value is -4.02. The highest BCUT2D eigenvalue weighted by atomic mass is 16.7. The summed E-state index contributed by atoms with van der Waals surface area (Å²) in [4.78, 5) is 22.4. The molecule has 1 unspecified atom stereocenters. The Morgan fingerprint density at radius 1 is 0.837 bits per heavy atom. The number of phenols is 3. The molecule has 2 fully saturated rings. The van der Waals surface area contributed by atoms with Gasteiger partial charge in [-0.2, -0.15) is 0 Å². The van der Waals surface area contributed by atoms with Gasteiger partial charge in [0.25, 0.3) is 5.75 Å². The molecule has 3 heterocycles. The molecule has 19 nitrogen and oxygen atoms in total. The van der Waals surface area contributed by atoms with Crippen molar-refractivity contribution >= 4 is 11.9 Å². The van der Waals surface area contributed by atoms with Gasteiger partial charge in [-0.15, -0.1) is 0 Å². The van der Waals surface area contributed by atoms with Crippen LogP contribution in [0, 0.1) is 0 Å². The molecule has 0 saturated carbocycles. The number of benzene rings is 2. The minimum Gasteiger partial charge on any atom is -0.575 e. The smallest absolute Gasteiger partial charge is 0.311 e. The Labute approximate surface area is 276 Å². The first-order valence-electron chi connectivity index (χ1n) is 14.9. The summed E-state index contributed by atoms with van der Waals surface area (Å²) in [5.74, 6) is -4.33. The highest BCUT2D eigenvalue weighted by Crippen LogP contribution is 2.46. The van der Waals surface area contributed by atoms with Gasteiger partial charge in [0.1, 0.15) is 66.9 Å². The monoisotopic (exact) mass is 700 g/mol. The van der Waals surface area contributed by atoms with E-state index in [1.54, 1.807) is 0 Å². The third-order valence-electron chi connectivity index (χ3n) is 8.31. The number of rotatable bonds is 10. The van der Waals surface area contributed by atoms with Crippen LogP contribution in [0.5, 0.6) is 28.7 Å². The molecule has 0 aliphatic carbocycles. The van der Waals surface area contributed by atoms with Crippen molar-refractivity contribution in [1.82, 2.24) is 0 Å². The van der Waals surface area contributed by atoms with E-state index >= 15 is 0 Å². The number of ether oxygens (including phenoxy) is 6. The number of aromatic hydroxyl groups is 4. The second-order valence-electron chi connectivity index (χ2n) is 11.7. The van der Waals surface area contributed by atoms with Crippen molar-refractivity contribution in [3.05, 3.63) is 41.5 Å². The zero-order chi connectivity index (χ0) is 35.7. The van der Waals surface area contributed by atoms with Crippen LogP contribution in [0.1, 0.15) is 23.7 Å². The fourth-order valence-electron chi connectivity index (χ4n) is 5.70. The summed E-state index contributed by atoms with van der Waals surface area (Å²) in [7, 11) is 0. The quantitative estimate of drug-likeness (QED) is 0.0482. The molecule has 3 aliphatic rings. The minimum absolute atomic E-state index is 0.107. The fraction of sp³-hybridized carbons (Fsp3) is 0.533. The van der Waals surface area contributed by atoms with Crippen molar-refractivity contribution in [2.75, 3.05) is 13.2 Å². The van der Waals surface area contributed by atoms with Gasteiger partial charge in [-0.3, -0.25) is 4.79 Å². The van der Waals surface area contributed by atoms with Gasteiger partial charge in [0, 0.05) is 18.1 Å². The summed E-state index contributed by atoms with van der Waals surface area (Å²) in [5, 5.41) is 114. The van der Waals surface area contributed by atoms with E-state index in [4.69, 9.17) is 23.7 Å². The van der Waals surface area contributed by atoms with Crippen LogP contribution in [0.3, 0.4) is 0 Å². The molecule has 0 aromatic heterocycles. The largest absolute Gasteiger partial charge is 0.575 e. The van der Waals surface area contributed by atoms with E-state index in [0.29, 0.717) is 0 Å². The number of phenolic OH excluding ortho intramolecular Hbond substituents is 3. The molecule has 0 bridgehead atoms. The van der Waals surface area contributed by atoms with Crippen molar-refractivity contribution in [2.45, 2.75) is 86.5 Å². The molecule has 3 aliphatic heterocycles. The van der Waals surface area contributed by atoms with Gasteiger partial charge in [0.15, 0.2) is 23.9 Å². The number of carbonyl (C=O) groups is 2. The molecule has 12 atom stereocenters. The number of carbonyl (C=O) groups excluding carboxylic acids is 2. The maximum atomic E-state index is 11.7. The van der Waals surface area contributed by atoms with Crippen molar-refractivity contribution < 1.29 is 94.2 Å². The van der Waals surface area contributed by atoms with Gasteiger partial charge in [0.05, 0.1) is 30.6 Å². The first-order valence-corrected chi connectivity index (χ1v) is 14.9. The molecule has 0 spiro atoms. The normalized spacial score (nSPS) is 34.3. The van der Waals surface area contributed by atoms with Gasteiger partial charge in [0.2, 0.25) is 12.4 Å². The number of fused-ring (bicyclic) bond motifs is 1. The van der Waals surface area contributed by atoms with E-state index < -0.39 is 117 Å². The molecule has 2 aromatic carbocycles. The molecule has 270 valence electrons. The van der Waals surface area contributed by atoms with Gasteiger partial charge in [-0.05, 0) is 18.2 Å². The van der Waals surface area contributed by atoms with Crippen LogP contribution in [0.2, 0.25) is 0 Å². The van der Waals surface area contributed by atoms with Gasteiger partial charge in [-0.1, -0.05) is 0 Å². The standard InChI is InChI=1S/C30H36O19/c31-8-18-22(38)24(40)26(42)29(48-18)46-16-5-11(32)4-15-12(16)6-17(28(45-15)10-1-2-13(33)14(34)3-10)47-30-27(43)25(41)23(39)19(49-30)9-44-21(37)7-20(35)36/h1-5,17-19,22-34,38-43H,6-9H2,(H,35,36)/t17-,18-,19-,22-,23-,24+,25+,26-,27-,28?,29+,30-/m1/s1. The molecule has 11 N–H and O–H groups in total. The number of carboxylic acid groups (broad SMARTS) is 1. The number of esters is 1. The molecule has 2 aromatic rings. The fourth-order valence-corrected chi connectivity index (χ4v) is 5.70. The van der Waals surface area contributed by atoms with E-state index in [-0.39, 0.29) is 34.8 Å². The molecule has 19 heteroatoms. The maximum Gasteiger partial charge on any atom is 0.311 e. The van der Waals surface area contributed by atoms with Crippen molar-refractivity contribution in [2.24, 2.45) is 0 Å². The molecule has 49 heavy (non-hydrogen) atoms. The van der Waals surface area contributed by atoms with Crippen molar-refractivity contribution in [1.29, 1.82) is 0 Å². The van der Waals surface area contributed by atoms with Crippen LogP contribution < -0.4 is 9.84 Å². The second kappa shape index (κ2) is 14.8. The van der Waals surface area contributed by atoms with Gasteiger partial charge in [-0.25, -0.2) is 0 Å². The topological polar surface area (TPSA) is 318 Å². The number of aliphatic hydroxyl groups excluding tert-OH is 7. The minimum atomic E-state index is -1.91. The Morgan fingerprint density at radius 2 is 1.49 bits per heavy atom. The average Bonchev–Trinajstić information content (AvgIpc) is 3.05. The van der Waals surface area contributed by atoms with Crippen LogP contribution in [0.4, 0.5) is 0 Å². The molecule has 5 rings (SSSR count). The lowest BCUT2D eigenvalue weighted by Gasteiger charge is -2.42. The summed E-state index contributed by atoms with van der Waals surface area (Å²) < 4.78 is 32.4. The predicted octanol–water partition coefficient (Wildman–Crippen LogP) is -4.60. The first kappa shape index (κ1) is 36.3. The maximum absolute atomic E-state index is 11.7. The molecule has 2 saturated heterocycles. The van der Waals surface area contributed by atoms with Crippen LogP contribution in [0.15, 0.2) is 30.3 Å². The first-order chi connectivity index (χ1) is 23.2. The van der Waals surface area contributed by atoms with E-state index in [9.17, 15) is 65.8 Å². The molecular weight excluding hydrogens is 664 g/mol. The summed E-state index contributed by atoms with van der Waals surface area (Å²) >= 11 is 0. The van der Waals surface area contributed by atoms with E-state index in [1.807, 2.05) is 0 Å². The average molecular weight is 701 g/mol. The van der Waals surface area contributed by atoms with E-state index in [0.717, 1.165) is 6.07 Å². The summed E-state index contributed by atoms with van der Waals surface area (Å²) in [5.41, 5.74) is 0.460. The lowest BCUT2D eigenvalue weighted by molar-refractivity contribution is -0.323. The third kappa shape index (κ3) is 7.75. The summed E-state index contributed by atoms with van der Waals surface area (Å²) in [6.45, 7) is -1.49. The van der Waals surface area contributed by atoms with Crippen LogP contribution in [0.25, 0.3) is 0 Å². The number of carboxylic acids is 1. The van der Waals surface area contributed by atoms with Crippen LogP contribution >= 0.6 is 0 Å². The Balaban J connectivity index is 1.45. The van der Waals surface area contributed by atoms with Crippen LogP contribution in [-0.4, -0.2) is 148 Å². The Kier molecular flexibility index (Phi) is 11.0. The number of aliphatic carboxylic acids is 1. The lowest BCUT2D eigenvalue weighted by Crippen LogP contribution is -2.60. The number of hydrogen-bond acceptors (Lipinski definition) is 18. The molecular formula is C30H36O19. The zero-order valence-electron chi connectivity index (χ0n) is 25.3. The third-order valence-corrected chi connectivity index (χ3v) is 8.31. The Morgan fingerprint density at radius 3 is 2.14 bits per heavy atom. The van der Waals surface area contributed by atoms with Gasteiger partial charge >= 0.3 is 5.97 Å². The Bertz CT molecular complexity index is 1500.